The van der Waals surface area contributed by atoms with Crippen LogP contribution in [-0.2, 0) is 9.53 Å². The van der Waals surface area contributed by atoms with Crippen LogP contribution in [0, 0.1) is 5.92 Å². The number of aromatic nitrogens is 1. The van der Waals surface area contributed by atoms with Crippen molar-refractivity contribution in [2.24, 2.45) is 5.92 Å². The number of fused-ring (bicyclic) bond motifs is 1. The Morgan fingerprint density at radius 3 is 2.80 bits per heavy atom. The average Bonchev–Trinajstić information content (AvgIpc) is 3.47. The summed E-state index contributed by atoms with van der Waals surface area (Å²) in [6.07, 6.45) is 9.91. The van der Waals surface area contributed by atoms with E-state index in [0.29, 0.717) is 12.5 Å². The maximum Gasteiger partial charge on any atom is 0.250 e. The van der Waals surface area contributed by atoms with Crippen LogP contribution in [0.25, 0.3) is 10.8 Å². The van der Waals surface area contributed by atoms with Gasteiger partial charge in [-0.15, -0.1) is 0 Å². The predicted octanol–water partition coefficient (Wildman–Crippen LogP) is 3.59. The number of benzene rings is 1. The van der Waals surface area contributed by atoms with E-state index in [9.17, 15) is 4.79 Å². The van der Waals surface area contributed by atoms with E-state index in [1.54, 1.807) is 0 Å². The molecule has 1 aliphatic carbocycles. The molecular formula is C20H25N3O2. The zero-order valence-corrected chi connectivity index (χ0v) is 14.5. The standard InChI is InChI=1S/C20H25N3O2/c24-20(14-25-13-15-4-5-15)22-18-6-7-19(23-10-2-1-3-11-23)16-8-9-21-12-17(16)18/h6-9,12,15H,1-5,10-11,13-14H2,(H,22,24). The smallest absolute Gasteiger partial charge is 0.250 e. The molecule has 4 rings (SSSR count). The highest BCUT2D eigenvalue weighted by Crippen LogP contribution is 2.33. The number of hydrogen-bond donors (Lipinski definition) is 1. The van der Waals surface area contributed by atoms with Crippen molar-refractivity contribution >= 4 is 28.1 Å². The monoisotopic (exact) mass is 339 g/mol. The van der Waals surface area contributed by atoms with Gasteiger partial charge in [0.2, 0.25) is 5.91 Å². The van der Waals surface area contributed by atoms with E-state index < -0.39 is 0 Å². The quantitative estimate of drug-likeness (QED) is 0.874. The molecule has 0 spiro atoms. The summed E-state index contributed by atoms with van der Waals surface area (Å²) in [6, 6.07) is 6.15. The topological polar surface area (TPSA) is 54.5 Å². The zero-order valence-electron chi connectivity index (χ0n) is 14.5. The molecule has 0 bridgehead atoms. The van der Waals surface area contributed by atoms with Gasteiger partial charge < -0.3 is 15.0 Å². The zero-order chi connectivity index (χ0) is 17.1. The number of hydrogen-bond acceptors (Lipinski definition) is 4. The van der Waals surface area contributed by atoms with Gasteiger partial charge in [0.1, 0.15) is 6.61 Å². The summed E-state index contributed by atoms with van der Waals surface area (Å²) < 4.78 is 5.49. The Bertz CT molecular complexity index is 752. The number of carbonyl (C=O) groups is 1. The molecule has 0 unspecified atom stereocenters. The molecule has 132 valence electrons. The molecule has 5 nitrogen and oxygen atoms in total. The molecule has 2 fully saturated rings. The fourth-order valence-corrected chi connectivity index (χ4v) is 3.48. The number of nitrogens with zero attached hydrogens (tertiary/aromatic N) is 2. The maximum atomic E-state index is 12.2. The lowest BCUT2D eigenvalue weighted by Gasteiger charge is -2.30. The van der Waals surface area contributed by atoms with E-state index in [2.05, 4.69) is 21.3 Å². The maximum absolute atomic E-state index is 12.2. The van der Waals surface area contributed by atoms with Crippen molar-refractivity contribution in [2.45, 2.75) is 32.1 Å². The number of piperidine rings is 1. The molecule has 1 amide bonds. The lowest BCUT2D eigenvalue weighted by molar-refractivity contribution is -0.120. The summed E-state index contributed by atoms with van der Waals surface area (Å²) in [7, 11) is 0. The van der Waals surface area contributed by atoms with Crippen molar-refractivity contribution < 1.29 is 9.53 Å². The van der Waals surface area contributed by atoms with Gasteiger partial charge in [-0.3, -0.25) is 9.78 Å². The average molecular weight is 339 g/mol. The molecule has 0 radical (unpaired) electrons. The molecule has 0 atom stereocenters. The van der Waals surface area contributed by atoms with Gasteiger partial charge in [-0.1, -0.05) is 0 Å². The van der Waals surface area contributed by atoms with Crippen molar-refractivity contribution in [3.05, 3.63) is 30.6 Å². The number of ether oxygens (including phenoxy) is 1. The molecule has 1 saturated carbocycles. The highest BCUT2D eigenvalue weighted by atomic mass is 16.5. The molecule has 1 aromatic heterocycles. The first-order valence-corrected chi connectivity index (χ1v) is 9.30. The first kappa shape index (κ1) is 16.3. The Morgan fingerprint density at radius 1 is 1.16 bits per heavy atom. The molecule has 2 aromatic rings. The third-order valence-electron chi connectivity index (χ3n) is 5.05. The van der Waals surface area contributed by atoms with E-state index in [0.717, 1.165) is 29.5 Å². The van der Waals surface area contributed by atoms with E-state index in [-0.39, 0.29) is 12.5 Å². The van der Waals surface area contributed by atoms with Crippen LogP contribution in [0.1, 0.15) is 32.1 Å². The van der Waals surface area contributed by atoms with Gasteiger partial charge in [0, 0.05) is 41.9 Å². The first-order chi connectivity index (χ1) is 12.3. The molecular weight excluding hydrogens is 314 g/mol. The molecule has 2 heterocycles. The Labute approximate surface area is 148 Å². The van der Waals surface area contributed by atoms with Gasteiger partial charge in [-0.2, -0.15) is 0 Å². The normalized spacial score (nSPS) is 17.7. The number of nitrogens with one attached hydrogen (secondary N) is 1. The van der Waals surface area contributed by atoms with Gasteiger partial charge >= 0.3 is 0 Å². The summed E-state index contributed by atoms with van der Waals surface area (Å²) in [5, 5.41) is 5.12. The van der Waals surface area contributed by atoms with Gasteiger partial charge in [-0.05, 0) is 56.2 Å². The minimum Gasteiger partial charge on any atom is -0.371 e. The molecule has 5 heteroatoms. The summed E-state index contributed by atoms with van der Waals surface area (Å²) in [5.41, 5.74) is 2.05. The Balaban J connectivity index is 1.52. The lowest BCUT2D eigenvalue weighted by atomic mass is 10.1. The number of amides is 1. The van der Waals surface area contributed by atoms with Gasteiger partial charge in [0.15, 0.2) is 0 Å². The summed E-state index contributed by atoms with van der Waals surface area (Å²) >= 11 is 0. The van der Waals surface area contributed by atoms with Crippen LogP contribution in [0.4, 0.5) is 11.4 Å². The molecule has 25 heavy (non-hydrogen) atoms. The van der Waals surface area contributed by atoms with Crippen LogP contribution in [0.15, 0.2) is 30.6 Å². The number of anilines is 2. The van der Waals surface area contributed by atoms with Crippen LogP contribution in [0.3, 0.4) is 0 Å². The van der Waals surface area contributed by atoms with Crippen molar-refractivity contribution in [3.63, 3.8) is 0 Å². The van der Waals surface area contributed by atoms with Crippen molar-refractivity contribution in [3.8, 4) is 0 Å². The van der Waals surface area contributed by atoms with Crippen molar-refractivity contribution in [2.75, 3.05) is 36.5 Å². The molecule has 1 aromatic carbocycles. The number of carbonyl (C=O) groups excluding carboxylic acids is 1. The minimum absolute atomic E-state index is 0.100. The second-order valence-electron chi connectivity index (χ2n) is 7.11. The fourth-order valence-electron chi connectivity index (χ4n) is 3.48. The van der Waals surface area contributed by atoms with E-state index >= 15 is 0 Å². The lowest BCUT2D eigenvalue weighted by Crippen LogP contribution is -2.29. The summed E-state index contributed by atoms with van der Waals surface area (Å²) in [5.74, 6) is 0.568. The molecule has 1 N–H and O–H groups in total. The first-order valence-electron chi connectivity index (χ1n) is 9.30. The summed E-state index contributed by atoms with van der Waals surface area (Å²) in [6.45, 7) is 3.01. The van der Waals surface area contributed by atoms with Crippen LogP contribution >= 0.6 is 0 Å². The second-order valence-corrected chi connectivity index (χ2v) is 7.11. The van der Waals surface area contributed by atoms with Gasteiger partial charge in [0.25, 0.3) is 0 Å². The van der Waals surface area contributed by atoms with Crippen LogP contribution in [0.2, 0.25) is 0 Å². The van der Waals surface area contributed by atoms with Crippen LogP contribution in [-0.4, -0.2) is 37.2 Å². The minimum atomic E-state index is -0.100. The Kier molecular flexibility index (Phi) is 4.83. The third-order valence-corrected chi connectivity index (χ3v) is 5.05. The molecule has 1 aliphatic heterocycles. The van der Waals surface area contributed by atoms with Gasteiger partial charge in [-0.25, -0.2) is 0 Å². The largest absolute Gasteiger partial charge is 0.371 e. The van der Waals surface area contributed by atoms with Crippen molar-refractivity contribution in [1.82, 2.24) is 4.98 Å². The van der Waals surface area contributed by atoms with E-state index in [1.165, 1.54) is 37.8 Å². The highest BCUT2D eigenvalue weighted by molar-refractivity contribution is 6.06. The van der Waals surface area contributed by atoms with E-state index in [4.69, 9.17) is 4.74 Å². The second kappa shape index (κ2) is 7.40. The summed E-state index contributed by atoms with van der Waals surface area (Å²) in [4.78, 5) is 18.9. The Morgan fingerprint density at radius 2 is 2.00 bits per heavy atom. The third kappa shape index (κ3) is 3.93. The number of pyridine rings is 1. The Hall–Kier alpha value is -2.14. The predicted molar refractivity (Wildman–Crippen MR) is 100.0 cm³/mol. The molecule has 2 aliphatic rings. The highest BCUT2D eigenvalue weighted by Gasteiger charge is 2.21. The van der Waals surface area contributed by atoms with E-state index in [1.807, 2.05) is 24.5 Å². The van der Waals surface area contributed by atoms with Crippen molar-refractivity contribution in [1.29, 1.82) is 0 Å². The van der Waals surface area contributed by atoms with Gasteiger partial charge in [0.05, 0.1) is 12.3 Å². The van der Waals surface area contributed by atoms with Crippen LogP contribution < -0.4 is 10.2 Å². The molecule has 1 saturated heterocycles. The SMILES string of the molecule is O=C(COCC1CC1)Nc1ccc(N2CCCCC2)c2ccncc12. The van der Waals surface area contributed by atoms with Crippen LogP contribution in [0.5, 0.6) is 0 Å². The fraction of sp³-hybridized carbons (Fsp3) is 0.500. The number of rotatable bonds is 6.